The number of nitrogens with one attached hydrogen (secondary N) is 1. The molecule has 0 radical (unpaired) electrons. The number of carbonyl (C=O) groups excluding carboxylic acids is 2. The van der Waals surface area contributed by atoms with Gasteiger partial charge in [-0.1, -0.05) is 6.42 Å². The van der Waals surface area contributed by atoms with Gasteiger partial charge in [-0.2, -0.15) is 4.31 Å². The standard InChI is InChI=1S/C26H32N4O5S/c1-35-20-10-8-19(9-11-20)27-25(31)18-30-24-17-21(36(33,34)28-14-4-2-5-15-28)12-13-22(24)29-16-6-3-7-23(29)26(30)32/h8-13,17,23H,2-7,14-16,18H2,1H3,(H,27,31). The minimum Gasteiger partial charge on any atom is -0.497 e. The molecular weight excluding hydrogens is 480 g/mol. The Kier molecular flexibility index (Phi) is 6.90. The van der Waals surface area contributed by atoms with E-state index < -0.39 is 10.0 Å². The van der Waals surface area contributed by atoms with Gasteiger partial charge in [0.25, 0.3) is 0 Å². The largest absolute Gasteiger partial charge is 0.497 e. The molecule has 2 fully saturated rings. The number of amides is 2. The summed E-state index contributed by atoms with van der Waals surface area (Å²) in [5.41, 5.74) is 1.86. The van der Waals surface area contributed by atoms with Gasteiger partial charge in [-0.05, 0) is 74.6 Å². The smallest absolute Gasteiger partial charge is 0.250 e. The average Bonchev–Trinajstić information content (AvgIpc) is 2.91. The molecular formula is C26H32N4O5S. The Bertz CT molecular complexity index is 1240. The number of rotatable bonds is 6. The van der Waals surface area contributed by atoms with Crippen molar-refractivity contribution < 1.29 is 22.7 Å². The van der Waals surface area contributed by atoms with Gasteiger partial charge in [0.05, 0.1) is 23.4 Å². The van der Waals surface area contributed by atoms with Crippen molar-refractivity contribution in [2.75, 3.05) is 48.4 Å². The number of nitrogens with zero attached hydrogens (tertiary/aromatic N) is 3. The summed E-state index contributed by atoms with van der Waals surface area (Å²) in [4.78, 5) is 30.3. The number of piperidine rings is 2. The van der Waals surface area contributed by atoms with Gasteiger partial charge in [-0.15, -0.1) is 0 Å². The molecule has 3 aliphatic heterocycles. The van der Waals surface area contributed by atoms with E-state index in [4.69, 9.17) is 4.74 Å². The minimum atomic E-state index is -3.68. The molecule has 0 saturated carbocycles. The summed E-state index contributed by atoms with van der Waals surface area (Å²) in [5.74, 6) is 0.153. The maximum absolute atomic E-state index is 13.6. The van der Waals surface area contributed by atoms with E-state index in [1.165, 1.54) is 9.21 Å². The molecule has 192 valence electrons. The van der Waals surface area contributed by atoms with E-state index in [9.17, 15) is 18.0 Å². The first-order valence-electron chi connectivity index (χ1n) is 12.5. The molecule has 0 bridgehead atoms. The third kappa shape index (κ3) is 4.67. The number of fused-ring (bicyclic) bond motifs is 3. The molecule has 2 aromatic rings. The molecule has 0 aliphatic carbocycles. The van der Waals surface area contributed by atoms with E-state index in [1.807, 2.05) is 0 Å². The SMILES string of the molecule is COc1ccc(NC(=O)CN2C(=O)C3CCCCN3c3ccc(S(=O)(=O)N4CCCCC4)cc32)cc1. The first-order chi connectivity index (χ1) is 17.4. The average molecular weight is 513 g/mol. The van der Waals surface area contributed by atoms with Crippen LogP contribution in [0.4, 0.5) is 17.1 Å². The Morgan fingerprint density at radius 3 is 2.42 bits per heavy atom. The van der Waals surface area contributed by atoms with Crippen molar-refractivity contribution >= 4 is 38.9 Å². The van der Waals surface area contributed by atoms with Crippen LogP contribution in [-0.4, -0.2) is 63.9 Å². The lowest BCUT2D eigenvalue weighted by Crippen LogP contribution is -2.56. The Morgan fingerprint density at radius 2 is 1.69 bits per heavy atom. The van der Waals surface area contributed by atoms with Crippen LogP contribution in [0.25, 0.3) is 0 Å². The predicted octanol–water partition coefficient (Wildman–Crippen LogP) is 3.21. The fraction of sp³-hybridized carbons (Fsp3) is 0.462. The highest BCUT2D eigenvalue weighted by molar-refractivity contribution is 7.89. The van der Waals surface area contributed by atoms with Crippen LogP contribution in [0.3, 0.4) is 0 Å². The number of anilines is 3. The van der Waals surface area contributed by atoms with Crippen LogP contribution in [0.5, 0.6) is 5.75 Å². The summed E-state index contributed by atoms with van der Waals surface area (Å²) in [7, 11) is -2.11. The molecule has 0 spiro atoms. The molecule has 2 aromatic carbocycles. The summed E-state index contributed by atoms with van der Waals surface area (Å²) in [6, 6.07) is 11.6. The fourth-order valence-corrected chi connectivity index (χ4v) is 6.87. The van der Waals surface area contributed by atoms with E-state index in [-0.39, 0.29) is 29.3 Å². The summed E-state index contributed by atoms with van der Waals surface area (Å²) in [5, 5.41) is 2.83. The highest BCUT2D eigenvalue weighted by atomic mass is 32.2. The first-order valence-corrected chi connectivity index (χ1v) is 14.0. The van der Waals surface area contributed by atoms with Gasteiger partial charge in [0, 0.05) is 25.3 Å². The third-order valence-corrected chi connectivity index (χ3v) is 9.12. The molecule has 2 saturated heterocycles. The maximum Gasteiger partial charge on any atom is 0.250 e. The van der Waals surface area contributed by atoms with Crippen LogP contribution >= 0.6 is 0 Å². The number of ether oxygens (including phenoxy) is 1. The van der Waals surface area contributed by atoms with E-state index in [1.54, 1.807) is 49.6 Å². The number of benzene rings is 2. The zero-order chi connectivity index (χ0) is 25.3. The zero-order valence-corrected chi connectivity index (χ0v) is 21.3. The summed E-state index contributed by atoms with van der Waals surface area (Å²) >= 11 is 0. The lowest BCUT2D eigenvalue weighted by molar-refractivity contribution is -0.123. The molecule has 1 N–H and O–H groups in total. The van der Waals surface area contributed by atoms with Crippen LogP contribution < -0.4 is 19.9 Å². The minimum absolute atomic E-state index is 0.159. The predicted molar refractivity (Wildman–Crippen MR) is 138 cm³/mol. The molecule has 0 aromatic heterocycles. The second-order valence-corrected chi connectivity index (χ2v) is 11.5. The second-order valence-electron chi connectivity index (χ2n) is 9.52. The van der Waals surface area contributed by atoms with Crippen LogP contribution in [0.15, 0.2) is 47.4 Å². The van der Waals surface area contributed by atoms with Crippen molar-refractivity contribution in [2.45, 2.75) is 49.5 Å². The van der Waals surface area contributed by atoms with E-state index >= 15 is 0 Å². The Balaban J connectivity index is 1.46. The summed E-state index contributed by atoms with van der Waals surface area (Å²) < 4.78 is 33.4. The van der Waals surface area contributed by atoms with Gasteiger partial charge in [-0.3, -0.25) is 14.5 Å². The second kappa shape index (κ2) is 10.1. The quantitative estimate of drug-likeness (QED) is 0.638. The van der Waals surface area contributed by atoms with E-state index in [0.29, 0.717) is 36.6 Å². The first kappa shape index (κ1) is 24.6. The Morgan fingerprint density at radius 1 is 0.972 bits per heavy atom. The van der Waals surface area contributed by atoms with Crippen molar-refractivity contribution in [1.82, 2.24) is 4.31 Å². The van der Waals surface area contributed by atoms with Crippen molar-refractivity contribution in [2.24, 2.45) is 0 Å². The number of hydrogen-bond acceptors (Lipinski definition) is 6. The van der Waals surface area contributed by atoms with Crippen molar-refractivity contribution in [3.8, 4) is 5.75 Å². The van der Waals surface area contributed by atoms with Crippen LogP contribution in [0, 0.1) is 0 Å². The number of sulfonamides is 1. The van der Waals surface area contributed by atoms with Crippen LogP contribution in [0.1, 0.15) is 38.5 Å². The fourth-order valence-electron chi connectivity index (χ4n) is 5.33. The summed E-state index contributed by atoms with van der Waals surface area (Å²) in [6.45, 7) is 1.53. The van der Waals surface area contributed by atoms with Crippen LogP contribution in [-0.2, 0) is 19.6 Å². The Hall–Kier alpha value is -3.11. The normalized spacial score (nSPS) is 20.5. The van der Waals surface area contributed by atoms with E-state index in [2.05, 4.69) is 10.2 Å². The molecule has 3 heterocycles. The molecule has 36 heavy (non-hydrogen) atoms. The molecule has 1 unspecified atom stereocenters. The van der Waals surface area contributed by atoms with E-state index in [0.717, 1.165) is 44.3 Å². The van der Waals surface area contributed by atoms with Gasteiger partial charge in [0.15, 0.2) is 0 Å². The topological polar surface area (TPSA) is 99.3 Å². The van der Waals surface area contributed by atoms with Gasteiger partial charge in [0.2, 0.25) is 21.8 Å². The molecule has 1 atom stereocenters. The molecule has 2 amide bonds. The number of carbonyl (C=O) groups is 2. The molecule has 3 aliphatic rings. The van der Waals surface area contributed by atoms with Crippen molar-refractivity contribution in [3.63, 3.8) is 0 Å². The Labute approximate surface area is 212 Å². The zero-order valence-electron chi connectivity index (χ0n) is 20.5. The van der Waals surface area contributed by atoms with Gasteiger partial charge < -0.3 is 15.0 Å². The lowest BCUT2D eigenvalue weighted by Gasteiger charge is -2.45. The van der Waals surface area contributed by atoms with Gasteiger partial charge >= 0.3 is 0 Å². The molecule has 10 heteroatoms. The maximum atomic E-state index is 13.6. The van der Waals surface area contributed by atoms with Crippen molar-refractivity contribution in [3.05, 3.63) is 42.5 Å². The highest BCUT2D eigenvalue weighted by Gasteiger charge is 2.41. The third-order valence-electron chi connectivity index (χ3n) is 7.23. The van der Waals surface area contributed by atoms with Crippen molar-refractivity contribution in [1.29, 1.82) is 0 Å². The monoisotopic (exact) mass is 512 g/mol. The molecule has 5 rings (SSSR count). The summed E-state index contributed by atoms with van der Waals surface area (Å²) in [6.07, 6.45) is 5.33. The van der Waals surface area contributed by atoms with Crippen LogP contribution in [0.2, 0.25) is 0 Å². The lowest BCUT2D eigenvalue weighted by atomic mass is 9.96. The number of hydrogen-bond donors (Lipinski definition) is 1. The van der Waals surface area contributed by atoms with Gasteiger partial charge in [-0.25, -0.2) is 8.42 Å². The molecule has 9 nitrogen and oxygen atoms in total. The van der Waals surface area contributed by atoms with Gasteiger partial charge in [0.1, 0.15) is 18.3 Å². The number of methoxy groups -OCH3 is 1. The highest BCUT2D eigenvalue weighted by Crippen LogP contribution is 2.41.